The number of hydrogen-bond acceptors (Lipinski definition) is 5. The van der Waals surface area contributed by atoms with E-state index in [2.05, 4.69) is 0 Å². The van der Waals surface area contributed by atoms with Crippen molar-refractivity contribution in [3.8, 4) is 0 Å². The molecule has 1 saturated heterocycles. The van der Waals surface area contributed by atoms with Gasteiger partial charge in [-0.3, -0.25) is 14.5 Å². The van der Waals surface area contributed by atoms with Crippen molar-refractivity contribution >= 4 is 40.7 Å². The van der Waals surface area contributed by atoms with Gasteiger partial charge in [-0.1, -0.05) is 41.9 Å². The molecule has 7 heteroatoms. The molecule has 0 aliphatic carbocycles. The van der Waals surface area contributed by atoms with Crippen LogP contribution >= 0.6 is 11.6 Å². The maximum atomic E-state index is 13.1. The van der Waals surface area contributed by atoms with Gasteiger partial charge in [-0.2, -0.15) is 0 Å². The number of carbonyl (C=O) groups excluding carboxylic acids is 3. The van der Waals surface area contributed by atoms with E-state index in [1.54, 1.807) is 67.6 Å². The summed E-state index contributed by atoms with van der Waals surface area (Å²) in [6.45, 7) is 1.96. The number of ketones is 1. The molecule has 1 aliphatic rings. The van der Waals surface area contributed by atoms with Crippen LogP contribution < -0.4 is 4.90 Å². The van der Waals surface area contributed by atoms with Crippen LogP contribution in [0.4, 0.5) is 5.69 Å². The number of halogens is 1. The van der Waals surface area contributed by atoms with Gasteiger partial charge < -0.3 is 9.84 Å². The Morgan fingerprint density at radius 3 is 2.15 bits per heavy atom. The number of amides is 1. The van der Waals surface area contributed by atoms with Gasteiger partial charge in [0.05, 0.1) is 23.8 Å². The Morgan fingerprint density at radius 2 is 1.55 bits per heavy atom. The van der Waals surface area contributed by atoms with Crippen LogP contribution in [-0.4, -0.2) is 29.4 Å². The van der Waals surface area contributed by atoms with Gasteiger partial charge >= 0.3 is 5.97 Å². The van der Waals surface area contributed by atoms with Crippen molar-refractivity contribution in [2.75, 3.05) is 11.5 Å². The Hall–Kier alpha value is -3.90. The summed E-state index contributed by atoms with van der Waals surface area (Å²) in [6, 6.07) is 20.7. The van der Waals surface area contributed by atoms with E-state index >= 15 is 0 Å². The molecular weight excluding hydrogens is 442 g/mol. The zero-order valence-corrected chi connectivity index (χ0v) is 18.5. The maximum Gasteiger partial charge on any atom is 0.338 e. The van der Waals surface area contributed by atoms with Crippen molar-refractivity contribution in [3.05, 3.63) is 106 Å². The van der Waals surface area contributed by atoms with Crippen LogP contribution in [0.2, 0.25) is 5.02 Å². The van der Waals surface area contributed by atoms with Gasteiger partial charge in [0.25, 0.3) is 11.7 Å². The van der Waals surface area contributed by atoms with E-state index < -0.39 is 23.7 Å². The number of anilines is 1. The third-order valence-electron chi connectivity index (χ3n) is 5.33. The number of benzene rings is 3. The summed E-state index contributed by atoms with van der Waals surface area (Å²) in [5.41, 5.74) is 1.74. The lowest BCUT2D eigenvalue weighted by atomic mass is 9.95. The lowest BCUT2D eigenvalue weighted by Gasteiger charge is -2.25. The second kappa shape index (κ2) is 9.30. The minimum absolute atomic E-state index is 0.0250. The Balaban J connectivity index is 1.84. The minimum Gasteiger partial charge on any atom is -0.507 e. The van der Waals surface area contributed by atoms with Crippen LogP contribution in [0.15, 0.2) is 84.4 Å². The Bertz CT molecular complexity index is 1230. The molecule has 33 heavy (non-hydrogen) atoms. The fourth-order valence-electron chi connectivity index (χ4n) is 3.79. The smallest absolute Gasteiger partial charge is 0.338 e. The number of nitrogens with zero attached hydrogens (tertiary/aromatic N) is 1. The Kier molecular flexibility index (Phi) is 6.29. The predicted molar refractivity (Wildman–Crippen MR) is 125 cm³/mol. The Morgan fingerprint density at radius 1 is 0.939 bits per heavy atom. The van der Waals surface area contributed by atoms with E-state index in [1.807, 2.05) is 6.07 Å². The molecule has 1 aliphatic heterocycles. The van der Waals surface area contributed by atoms with E-state index in [0.717, 1.165) is 0 Å². The molecule has 3 aromatic rings. The van der Waals surface area contributed by atoms with E-state index in [-0.39, 0.29) is 17.9 Å². The zero-order chi connectivity index (χ0) is 23.5. The molecule has 0 bridgehead atoms. The largest absolute Gasteiger partial charge is 0.507 e. The average molecular weight is 462 g/mol. The molecule has 3 aromatic carbocycles. The van der Waals surface area contributed by atoms with Gasteiger partial charge in [0.1, 0.15) is 5.76 Å². The van der Waals surface area contributed by atoms with Gasteiger partial charge in [0.15, 0.2) is 0 Å². The zero-order valence-electron chi connectivity index (χ0n) is 17.7. The summed E-state index contributed by atoms with van der Waals surface area (Å²) >= 11 is 5.95. The van der Waals surface area contributed by atoms with E-state index in [1.165, 1.54) is 17.0 Å². The molecular formula is C26H20ClNO5. The molecule has 1 N–H and O–H groups in total. The molecule has 1 fully saturated rings. The SMILES string of the molecule is CCOC(=O)c1ccc(N2C(=O)C(=O)C(=C(O)c3ccc(Cl)cc3)[C@@H]2c2ccccc2)cc1. The quantitative estimate of drug-likeness (QED) is 0.246. The second-order valence-electron chi connectivity index (χ2n) is 7.35. The maximum absolute atomic E-state index is 13.1. The minimum atomic E-state index is -0.852. The number of Topliss-reactive ketones (excluding diaryl/α,β-unsaturated/α-hetero) is 1. The van der Waals surface area contributed by atoms with Crippen molar-refractivity contribution < 1.29 is 24.2 Å². The first-order valence-electron chi connectivity index (χ1n) is 10.3. The predicted octanol–water partition coefficient (Wildman–Crippen LogP) is 5.14. The molecule has 4 rings (SSSR count). The highest BCUT2D eigenvalue weighted by molar-refractivity contribution is 6.51. The number of carbonyl (C=O) groups is 3. The summed E-state index contributed by atoms with van der Waals surface area (Å²) in [7, 11) is 0. The highest BCUT2D eigenvalue weighted by Crippen LogP contribution is 2.42. The highest BCUT2D eigenvalue weighted by Gasteiger charge is 2.46. The molecule has 1 atom stereocenters. The molecule has 166 valence electrons. The number of rotatable bonds is 5. The summed E-state index contributed by atoms with van der Waals surface area (Å²) in [4.78, 5) is 39.6. The van der Waals surface area contributed by atoms with Crippen molar-refractivity contribution in [2.24, 2.45) is 0 Å². The van der Waals surface area contributed by atoms with Crippen LogP contribution in [0.25, 0.3) is 5.76 Å². The van der Waals surface area contributed by atoms with Crippen molar-refractivity contribution in [2.45, 2.75) is 13.0 Å². The fourth-order valence-corrected chi connectivity index (χ4v) is 3.91. The molecule has 0 radical (unpaired) electrons. The topological polar surface area (TPSA) is 83.9 Å². The molecule has 1 heterocycles. The Labute approximate surface area is 195 Å². The van der Waals surface area contributed by atoms with Crippen LogP contribution in [0.5, 0.6) is 0 Å². The molecule has 0 spiro atoms. The first-order chi connectivity index (χ1) is 15.9. The van der Waals surface area contributed by atoms with Gasteiger partial charge in [0.2, 0.25) is 0 Å². The first-order valence-corrected chi connectivity index (χ1v) is 10.7. The number of aliphatic hydroxyl groups excluding tert-OH is 1. The monoisotopic (exact) mass is 461 g/mol. The summed E-state index contributed by atoms with van der Waals surface area (Å²) < 4.78 is 5.00. The number of esters is 1. The fraction of sp³-hybridized carbons (Fsp3) is 0.115. The number of aliphatic hydroxyl groups is 1. The number of ether oxygens (including phenoxy) is 1. The van der Waals surface area contributed by atoms with E-state index in [0.29, 0.717) is 27.4 Å². The average Bonchev–Trinajstić information content (AvgIpc) is 3.10. The van der Waals surface area contributed by atoms with Crippen LogP contribution in [0, 0.1) is 0 Å². The van der Waals surface area contributed by atoms with Crippen LogP contribution in [-0.2, 0) is 14.3 Å². The van der Waals surface area contributed by atoms with Gasteiger partial charge in [-0.25, -0.2) is 4.79 Å². The normalized spacial score (nSPS) is 17.3. The molecule has 6 nitrogen and oxygen atoms in total. The summed E-state index contributed by atoms with van der Waals surface area (Å²) in [5, 5.41) is 11.5. The molecule has 0 unspecified atom stereocenters. The first kappa shape index (κ1) is 22.3. The summed E-state index contributed by atoms with van der Waals surface area (Å²) in [5.74, 6) is -2.34. The lowest BCUT2D eigenvalue weighted by Crippen LogP contribution is -2.29. The van der Waals surface area contributed by atoms with Gasteiger partial charge in [0, 0.05) is 16.3 Å². The molecule has 0 aromatic heterocycles. The van der Waals surface area contributed by atoms with E-state index in [4.69, 9.17) is 16.3 Å². The van der Waals surface area contributed by atoms with Crippen molar-refractivity contribution in [1.82, 2.24) is 0 Å². The third kappa shape index (κ3) is 4.25. The van der Waals surface area contributed by atoms with Crippen molar-refractivity contribution in [3.63, 3.8) is 0 Å². The van der Waals surface area contributed by atoms with E-state index in [9.17, 15) is 19.5 Å². The highest BCUT2D eigenvalue weighted by atomic mass is 35.5. The third-order valence-corrected chi connectivity index (χ3v) is 5.59. The van der Waals surface area contributed by atoms with Crippen LogP contribution in [0.3, 0.4) is 0 Å². The number of hydrogen-bond donors (Lipinski definition) is 1. The molecule has 1 amide bonds. The van der Waals surface area contributed by atoms with Crippen LogP contribution in [0.1, 0.15) is 34.5 Å². The van der Waals surface area contributed by atoms with Crippen molar-refractivity contribution in [1.29, 1.82) is 0 Å². The van der Waals surface area contributed by atoms with Gasteiger partial charge in [-0.05, 0) is 61.0 Å². The second-order valence-corrected chi connectivity index (χ2v) is 7.79. The standard InChI is InChI=1S/C26H20ClNO5/c1-2-33-26(32)18-10-14-20(15-11-18)28-22(16-6-4-3-5-7-16)21(24(30)25(28)31)23(29)17-8-12-19(27)13-9-17/h3-15,22,29H,2H2,1H3/t22-/m0/s1. The lowest BCUT2D eigenvalue weighted by molar-refractivity contribution is -0.132. The van der Waals surface area contributed by atoms with Gasteiger partial charge in [-0.15, -0.1) is 0 Å². The summed E-state index contributed by atoms with van der Waals surface area (Å²) in [6.07, 6.45) is 0. The molecule has 0 saturated carbocycles.